The van der Waals surface area contributed by atoms with E-state index < -0.39 is 132 Å². The summed E-state index contributed by atoms with van der Waals surface area (Å²) in [6, 6.07) is -2.49. The molecule has 22 nitrogen and oxygen atoms in total. The van der Waals surface area contributed by atoms with Gasteiger partial charge in [0, 0.05) is 19.4 Å². The fourth-order valence-electron chi connectivity index (χ4n) is 8.38. The number of rotatable bonds is 32. The third-order valence-corrected chi connectivity index (χ3v) is 12.9. The average Bonchev–Trinajstić information content (AvgIpc) is 3.81. The summed E-state index contributed by atoms with van der Waals surface area (Å²) in [6.07, 6.45) is 0.514. The van der Waals surface area contributed by atoms with Crippen LogP contribution in [0.2, 0.25) is 0 Å². The Kier molecular flexibility index (Phi) is 27.6. The summed E-state index contributed by atoms with van der Waals surface area (Å²) in [5, 5.41) is 48.4. The van der Waals surface area contributed by atoms with Gasteiger partial charge in [-0.15, -0.1) is 0 Å². The first-order valence-electron chi connectivity index (χ1n) is 25.5. The van der Waals surface area contributed by atoms with E-state index in [-0.39, 0.29) is 62.8 Å². The Balaban J connectivity index is 2.39. The van der Waals surface area contributed by atoms with Crippen molar-refractivity contribution < 1.29 is 63.3 Å². The lowest BCUT2D eigenvalue weighted by atomic mass is 9.98. The number of nitrogens with zero attached hydrogens (tertiary/aromatic N) is 1. The fourth-order valence-corrected chi connectivity index (χ4v) is 8.85. The predicted octanol–water partition coefficient (Wildman–Crippen LogP) is 0.819. The number of carboxylic acids is 2. The number of likely N-dealkylation sites (tertiary alicyclic amines) is 1. The van der Waals surface area contributed by atoms with Gasteiger partial charge < -0.3 is 63.2 Å². The highest BCUT2D eigenvalue weighted by atomic mass is 32.2. The summed E-state index contributed by atoms with van der Waals surface area (Å²) in [5.74, 6) is -9.01. The standard InChI is InChI=1S/C51H83N9O13S/c1-27(2)23-33(52)43(64)55-36(24-28(3)4)46(67)57-38(26-32-15-12-11-13-16-32)47(68)56-37(25-29(5)6)48(69)59-42(31(9)61)50(71)60-21-14-17-39(60)49(70)54-35(20-22-74-10)44(65)53-34(18-19-40(62)63)45(66)58-41(30(7)8)51(72)73/h11-13,15-16,27-31,33-39,41-42,61H,14,17-26,52H2,1-10H3,(H,53,65)(H,54,70)(H,55,64)(H,56,68)(H,57,67)(H,58,66)(H,59,69)(H,62,63)(H,72,73)/t31-,33+,34+,35+,36+,37+,38+,39+,41+,42+/m1/s1. The van der Waals surface area contributed by atoms with Gasteiger partial charge in [-0.1, -0.05) is 85.7 Å². The molecule has 1 aliphatic heterocycles. The van der Waals surface area contributed by atoms with E-state index in [1.54, 1.807) is 50.4 Å². The Bertz CT molecular complexity index is 2060. The normalized spacial score (nSPS) is 17.2. The van der Waals surface area contributed by atoms with E-state index in [0.717, 1.165) is 0 Å². The van der Waals surface area contributed by atoms with Crippen LogP contribution in [0.3, 0.4) is 0 Å². The summed E-state index contributed by atoms with van der Waals surface area (Å²) in [6.45, 7) is 15.6. The Morgan fingerprint density at radius 3 is 1.61 bits per heavy atom. The number of benzene rings is 1. The number of aliphatic carboxylic acids is 2. The number of thioether (sulfide) groups is 1. The summed E-state index contributed by atoms with van der Waals surface area (Å²) >= 11 is 1.35. The maximum absolute atomic E-state index is 14.4. The molecule has 1 aliphatic rings. The predicted molar refractivity (Wildman–Crippen MR) is 279 cm³/mol. The van der Waals surface area contributed by atoms with Crippen molar-refractivity contribution >= 4 is 71.0 Å². The van der Waals surface area contributed by atoms with Crippen molar-refractivity contribution in [3.8, 4) is 0 Å². The quantitative estimate of drug-likeness (QED) is 0.0476. The monoisotopic (exact) mass is 1060 g/mol. The van der Waals surface area contributed by atoms with Crippen molar-refractivity contribution in [3.05, 3.63) is 35.9 Å². The minimum absolute atomic E-state index is 0.00276. The van der Waals surface area contributed by atoms with Crippen LogP contribution in [-0.2, 0) is 54.4 Å². The molecule has 0 aliphatic carbocycles. The molecular weight excluding hydrogens is 979 g/mol. The Labute approximate surface area is 439 Å². The Morgan fingerprint density at radius 1 is 0.622 bits per heavy atom. The molecule has 0 spiro atoms. The van der Waals surface area contributed by atoms with E-state index in [2.05, 4.69) is 37.2 Å². The number of hydrogen-bond donors (Lipinski definition) is 11. The van der Waals surface area contributed by atoms with E-state index in [0.29, 0.717) is 24.2 Å². The number of carboxylic acid groups (broad SMARTS) is 2. The van der Waals surface area contributed by atoms with Crippen LogP contribution in [0.1, 0.15) is 119 Å². The molecule has 0 bridgehead atoms. The first-order valence-corrected chi connectivity index (χ1v) is 26.9. The molecule has 12 N–H and O–H groups in total. The minimum Gasteiger partial charge on any atom is -0.481 e. The second kappa shape index (κ2) is 31.8. The number of nitrogens with one attached hydrogen (secondary N) is 7. The molecule has 10 atom stereocenters. The molecule has 2 rings (SSSR count). The Morgan fingerprint density at radius 2 is 1.09 bits per heavy atom. The number of hydrogen-bond acceptors (Lipinski definition) is 13. The zero-order chi connectivity index (χ0) is 56.0. The minimum atomic E-state index is -1.62. The third kappa shape index (κ3) is 22.0. The molecular formula is C51H83N9O13S. The van der Waals surface area contributed by atoms with Crippen molar-refractivity contribution in [1.82, 2.24) is 42.1 Å². The zero-order valence-corrected chi connectivity index (χ0v) is 45.4. The first kappa shape index (κ1) is 64.3. The van der Waals surface area contributed by atoms with Crippen LogP contribution in [0.5, 0.6) is 0 Å². The average molecular weight is 1060 g/mol. The zero-order valence-electron chi connectivity index (χ0n) is 44.6. The van der Waals surface area contributed by atoms with Gasteiger partial charge in [0.25, 0.3) is 0 Å². The summed E-state index contributed by atoms with van der Waals surface area (Å²) in [4.78, 5) is 136. The Hall–Kier alpha value is -5.81. The number of nitrogens with two attached hydrogens (primary N) is 1. The molecule has 1 aromatic rings. The van der Waals surface area contributed by atoms with Crippen LogP contribution < -0.4 is 43.0 Å². The summed E-state index contributed by atoms with van der Waals surface area (Å²) in [5.41, 5.74) is 6.83. The van der Waals surface area contributed by atoms with Gasteiger partial charge in [-0.2, -0.15) is 11.8 Å². The molecule has 1 saturated heterocycles. The lowest BCUT2D eigenvalue weighted by molar-refractivity contribution is -0.145. The van der Waals surface area contributed by atoms with Crippen LogP contribution in [-0.4, -0.2) is 158 Å². The third-order valence-electron chi connectivity index (χ3n) is 12.3. The van der Waals surface area contributed by atoms with Gasteiger partial charge in [-0.05, 0) is 93.1 Å². The van der Waals surface area contributed by atoms with Crippen LogP contribution >= 0.6 is 11.8 Å². The van der Waals surface area contributed by atoms with Gasteiger partial charge in [0.05, 0.1) is 12.1 Å². The fraction of sp³-hybridized carbons (Fsp3) is 0.686. The molecule has 8 amide bonds. The van der Waals surface area contributed by atoms with Crippen LogP contribution in [0.15, 0.2) is 30.3 Å². The van der Waals surface area contributed by atoms with Gasteiger partial charge in [0.15, 0.2) is 0 Å². The van der Waals surface area contributed by atoms with Crippen molar-refractivity contribution in [1.29, 1.82) is 0 Å². The van der Waals surface area contributed by atoms with Crippen LogP contribution in [0, 0.1) is 23.7 Å². The van der Waals surface area contributed by atoms with Crippen molar-refractivity contribution in [2.75, 3.05) is 18.6 Å². The SMILES string of the molecule is CSCC[C@H](NC(=O)[C@@H]1CCCN1C(=O)[C@@H](NC(=O)[C@H](CC(C)C)NC(=O)[C@H](Cc1ccccc1)NC(=O)[C@H](CC(C)C)NC(=O)[C@@H](N)CC(C)C)[C@@H](C)O)C(=O)N[C@@H](CCC(=O)O)C(=O)N[C@H](C(=O)O)C(C)C. The van der Waals surface area contributed by atoms with Crippen molar-refractivity contribution in [2.45, 2.75) is 181 Å². The molecule has 0 aromatic heterocycles. The molecule has 1 heterocycles. The lowest BCUT2D eigenvalue weighted by Crippen LogP contribution is -2.62. The number of carbonyl (C=O) groups is 10. The van der Waals surface area contributed by atoms with Crippen LogP contribution in [0.25, 0.3) is 0 Å². The van der Waals surface area contributed by atoms with E-state index in [4.69, 9.17) is 5.73 Å². The maximum Gasteiger partial charge on any atom is 0.326 e. The van der Waals surface area contributed by atoms with E-state index >= 15 is 0 Å². The molecule has 416 valence electrons. The molecule has 23 heteroatoms. The van der Waals surface area contributed by atoms with E-state index in [9.17, 15) is 63.3 Å². The molecule has 0 radical (unpaired) electrons. The smallest absolute Gasteiger partial charge is 0.326 e. The summed E-state index contributed by atoms with van der Waals surface area (Å²) in [7, 11) is 0. The first-order chi connectivity index (χ1) is 34.7. The largest absolute Gasteiger partial charge is 0.481 e. The van der Waals surface area contributed by atoms with Crippen molar-refractivity contribution in [2.24, 2.45) is 29.4 Å². The van der Waals surface area contributed by atoms with Gasteiger partial charge in [0.1, 0.15) is 48.3 Å². The highest BCUT2D eigenvalue weighted by molar-refractivity contribution is 7.98. The topological polar surface area (TPSA) is 345 Å². The second-order valence-electron chi connectivity index (χ2n) is 20.7. The molecule has 1 fully saturated rings. The second-order valence-corrected chi connectivity index (χ2v) is 21.7. The number of aliphatic hydroxyl groups is 1. The highest BCUT2D eigenvalue weighted by Crippen LogP contribution is 2.21. The number of aliphatic hydroxyl groups excluding tert-OH is 1. The van der Waals surface area contributed by atoms with Gasteiger partial charge >= 0.3 is 11.9 Å². The van der Waals surface area contributed by atoms with E-state index in [1.165, 1.54) is 23.6 Å². The summed E-state index contributed by atoms with van der Waals surface area (Å²) < 4.78 is 0. The number of amides is 8. The highest BCUT2D eigenvalue weighted by Gasteiger charge is 2.42. The van der Waals surface area contributed by atoms with Gasteiger partial charge in [-0.25, -0.2) is 4.79 Å². The van der Waals surface area contributed by atoms with Gasteiger partial charge in [-0.3, -0.25) is 43.2 Å². The molecule has 0 unspecified atom stereocenters. The molecule has 1 aromatic carbocycles. The van der Waals surface area contributed by atoms with Gasteiger partial charge in [0.2, 0.25) is 47.3 Å². The number of carbonyl (C=O) groups excluding carboxylic acids is 8. The van der Waals surface area contributed by atoms with Crippen molar-refractivity contribution in [3.63, 3.8) is 0 Å². The lowest BCUT2D eigenvalue weighted by Gasteiger charge is -2.32. The molecule has 0 saturated carbocycles. The van der Waals surface area contributed by atoms with E-state index in [1.807, 2.05) is 41.5 Å². The molecule has 74 heavy (non-hydrogen) atoms. The maximum atomic E-state index is 14.4. The van der Waals surface area contributed by atoms with Crippen LogP contribution in [0.4, 0.5) is 0 Å².